The molecule has 1 saturated heterocycles. The number of hydrogen-bond donors (Lipinski definition) is 2. The van der Waals surface area contributed by atoms with Crippen molar-refractivity contribution >= 4 is 23.0 Å². The van der Waals surface area contributed by atoms with E-state index in [0.29, 0.717) is 16.9 Å². The first-order chi connectivity index (χ1) is 11.2. The predicted octanol–water partition coefficient (Wildman–Crippen LogP) is 2.32. The number of aromatic amines is 1. The first-order valence-electron chi connectivity index (χ1n) is 7.51. The second-order valence-corrected chi connectivity index (χ2v) is 5.59. The maximum Gasteiger partial charge on any atom is 0.335 e. The number of benzene rings is 1. The third-order valence-electron chi connectivity index (χ3n) is 4.03. The van der Waals surface area contributed by atoms with Crippen molar-refractivity contribution in [2.45, 2.75) is 12.8 Å². The number of aromatic carboxylic acids is 1. The van der Waals surface area contributed by atoms with Gasteiger partial charge in [0.1, 0.15) is 5.82 Å². The third kappa shape index (κ3) is 2.50. The van der Waals surface area contributed by atoms with E-state index in [9.17, 15) is 4.79 Å². The van der Waals surface area contributed by atoms with Crippen molar-refractivity contribution < 1.29 is 9.90 Å². The first-order valence-corrected chi connectivity index (χ1v) is 7.51. The molecule has 2 aromatic heterocycles. The summed E-state index contributed by atoms with van der Waals surface area (Å²) in [7, 11) is 0. The van der Waals surface area contributed by atoms with Crippen LogP contribution in [0.3, 0.4) is 0 Å². The maximum absolute atomic E-state index is 11.0. The van der Waals surface area contributed by atoms with Crippen molar-refractivity contribution in [3.63, 3.8) is 0 Å². The molecule has 0 aliphatic carbocycles. The summed E-state index contributed by atoms with van der Waals surface area (Å²) in [6.45, 7) is 2.00. The minimum absolute atomic E-state index is 0.230. The van der Waals surface area contributed by atoms with Crippen molar-refractivity contribution in [1.82, 2.24) is 19.9 Å². The van der Waals surface area contributed by atoms with Crippen LogP contribution in [-0.4, -0.2) is 44.1 Å². The SMILES string of the molecule is O=C(O)c1ccc2nc(-c3cnc(N4CCCC4)nc3)[nH]c2c1. The number of aromatic nitrogens is 4. The van der Waals surface area contributed by atoms with Crippen LogP contribution in [0, 0.1) is 0 Å². The number of fused-ring (bicyclic) bond motifs is 1. The van der Waals surface area contributed by atoms with Gasteiger partial charge in [0.25, 0.3) is 0 Å². The zero-order chi connectivity index (χ0) is 15.8. The number of carbonyl (C=O) groups is 1. The van der Waals surface area contributed by atoms with E-state index in [-0.39, 0.29) is 5.56 Å². The number of anilines is 1. The Hall–Kier alpha value is -2.96. The van der Waals surface area contributed by atoms with Crippen LogP contribution in [0.25, 0.3) is 22.4 Å². The summed E-state index contributed by atoms with van der Waals surface area (Å²) in [5.74, 6) is 0.424. The number of carboxylic acids is 1. The molecule has 7 nitrogen and oxygen atoms in total. The molecular weight excluding hydrogens is 294 g/mol. The Morgan fingerprint density at radius 3 is 2.61 bits per heavy atom. The van der Waals surface area contributed by atoms with Gasteiger partial charge in [-0.1, -0.05) is 0 Å². The molecule has 0 saturated carbocycles. The van der Waals surface area contributed by atoms with Gasteiger partial charge in [0, 0.05) is 25.5 Å². The molecule has 0 bridgehead atoms. The van der Waals surface area contributed by atoms with Crippen LogP contribution in [0.4, 0.5) is 5.95 Å². The third-order valence-corrected chi connectivity index (χ3v) is 4.03. The summed E-state index contributed by atoms with van der Waals surface area (Å²) >= 11 is 0. The van der Waals surface area contributed by atoms with Crippen LogP contribution in [-0.2, 0) is 0 Å². The number of carboxylic acid groups (broad SMARTS) is 1. The fourth-order valence-corrected chi connectivity index (χ4v) is 2.80. The van der Waals surface area contributed by atoms with E-state index in [1.54, 1.807) is 30.6 Å². The fourth-order valence-electron chi connectivity index (χ4n) is 2.80. The summed E-state index contributed by atoms with van der Waals surface area (Å²) in [4.78, 5) is 29.6. The van der Waals surface area contributed by atoms with Gasteiger partial charge in [-0.05, 0) is 31.0 Å². The van der Waals surface area contributed by atoms with E-state index in [1.807, 2.05) is 0 Å². The molecule has 0 atom stereocenters. The number of rotatable bonds is 3. The lowest BCUT2D eigenvalue weighted by molar-refractivity contribution is 0.0697. The summed E-state index contributed by atoms with van der Waals surface area (Å²) in [5.41, 5.74) is 2.41. The average molecular weight is 309 g/mol. The molecule has 4 rings (SSSR count). The van der Waals surface area contributed by atoms with Crippen LogP contribution < -0.4 is 4.90 Å². The molecule has 2 N–H and O–H groups in total. The highest BCUT2D eigenvalue weighted by molar-refractivity contribution is 5.92. The van der Waals surface area contributed by atoms with Gasteiger partial charge in [-0.3, -0.25) is 0 Å². The summed E-state index contributed by atoms with van der Waals surface area (Å²) in [6.07, 6.45) is 5.86. The number of imidazole rings is 1. The Morgan fingerprint density at radius 2 is 1.91 bits per heavy atom. The highest BCUT2D eigenvalue weighted by atomic mass is 16.4. The zero-order valence-electron chi connectivity index (χ0n) is 12.4. The van der Waals surface area contributed by atoms with Crippen LogP contribution in [0.2, 0.25) is 0 Å². The standard InChI is InChI=1S/C16H15N5O2/c22-15(23)10-3-4-12-13(7-10)20-14(19-12)11-8-17-16(18-9-11)21-5-1-2-6-21/h3-4,7-9H,1-2,5-6H2,(H,19,20)(H,22,23). The van der Waals surface area contributed by atoms with Gasteiger partial charge in [-0.15, -0.1) is 0 Å². The van der Waals surface area contributed by atoms with Crippen molar-refractivity contribution in [2.24, 2.45) is 0 Å². The van der Waals surface area contributed by atoms with Crippen LogP contribution in [0.15, 0.2) is 30.6 Å². The van der Waals surface area contributed by atoms with E-state index in [1.165, 1.54) is 12.8 Å². The maximum atomic E-state index is 11.0. The minimum Gasteiger partial charge on any atom is -0.478 e. The zero-order valence-corrected chi connectivity index (χ0v) is 12.4. The average Bonchev–Trinajstić information content (AvgIpc) is 3.23. The number of nitrogens with zero attached hydrogens (tertiary/aromatic N) is 4. The van der Waals surface area contributed by atoms with E-state index in [0.717, 1.165) is 24.6 Å². The minimum atomic E-state index is -0.957. The van der Waals surface area contributed by atoms with Crippen LogP contribution in [0.5, 0.6) is 0 Å². The molecule has 0 unspecified atom stereocenters. The molecule has 1 aromatic carbocycles. The fraction of sp³-hybridized carbons (Fsp3) is 0.250. The van der Waals surface area contributed by atoms with Gasteiger partial charge in [0.05, 0.1) is 22.2 Å². The van der Waals surface area contributed by atoms with E-state index in [4.69, 9.17) is 5.11 Å². The highest BCUT2D eigenvalue weighted by Gasteiger charge is 2.15. The van der Waals surface area contributed by atoms with Crippen LogP contribution >= 0.6 is 0 Å². The molecule has 1 aliphatic heterocycles. The number of H-pyrrole nitrogens is 1. The monoisotopic (exact) mass is 309 g/mol. The van der Waals surface area contributed by atoms with Crippen molar-refractivity contribution in [2.75, 3.05) is 18.0 Å². The molecule has 3 aromatic rings. The molecule has 1 fully saturated rings. The first kappa shape index (κ1) is 13.7. The van der Waals surface area contributed by atoms with Gasteiger partial charge in [0.15, 0.2) is 0 Å². The second kappa shape index (κ2) is 5.35. The Morgan fingerprint density at radius 1 is 1.17 bits per heavy atom. The van der Waals surface area contributed by atoms with Crippen LogP contribution in [0.1, 0.15) is 23.2 Å². The normalized spacial score (nSPS) is 14.5. The number of hydrogen-bond acceptors (Lipinski definition) is 5. The molecule has 3 heterocycles. The lowest BCUT2D eigenvalue weighted by Gasteiger charge is -2.14. The molecule has 116 valence electrons. The lowest BCUT2D eigenvalue weighted by atomic mass is 10.2. The summed E-state index contributed by atoms with van der Waals surface area (Å²) < 4.78 is 0. The molecule has 23 heavy (non-hydrogen) atoms. The quantitative estimate of drug-likeness (QED) is 0.771. The van der Waals surface area contributed by atoms with Crippen molar-refractivity contribution in [1.29, 1.82) is 0 Å². The van der Waals surface area contributed by atoms with Gasteiger partial charge in [-0.2, -0.15) is 0 Å². The van der Waals surface area contributed by atoms with Crippen molar-refractivity contribution in [3.8, 4) is 11.4 Å². The van der Waals surface area contributed by atoms with Gasteiger partial charge < -0.3 is 15.0 Å². The predicted molar refractivity (Wildman–Crippen MR) is 85.5 cm³/mol. The molecule has 0 spiro atoms. The molecule has 0 radical (unpaired) electrons. The summed E-state index contributed by atoms with van der Waals surface area (Å²) in [5, 5.41) is 9.04. The van der Waals surface area contributed by atoms with Crippen molar-refractivity contribution in [3.05, 3.63) is 36.2 Å². The largest absolute Gasteiger partial charge is 0.478 e. The van der Waals surface area contributed by atoms with Gasteiger partial charge >= 0.3 is 5.97 Å². The van der Waals surface area contributed by atoms with Gasteiger partial charge in [0.2, 0.25) is 5.95 Å². The highest BCUT2D eigenvalue weighted by Crippen LogP contribution is 2.22. The second-order valence-electron chi connectivity index (χ2n) is 5.59. The molecule has 1 aliphatic rings. The Balaban J connectivity index is 1.66. The molecular formula is C16H15N5O2. The van der Waals surface area contributed by atoms with E-state index < -0.39 is 5.97 Å². The van der Waals surface area contributed by atoms with Gasteiger partial charge in [-0.25, -0.2) is 19.7 Å². The topological polar surface area (TPSA) is 95.0 Å². The Labute approximate surface area is 132 Å². The number of nitrogens with one attached hydrogen (secondary N) is 1. The van der Waals surface area contributed by atoms with E-state index >= 15 is 0 Å². The summed E-state index contributed by atoms with van der Waals surface area (Å²) in [6, 6.07) is 4.81. The molecule has 7 heteroatoms. The lowest BCUT2D eigenvalue weighted by Crippen LogP contribution is -2.20. The smallest absolute Gasteiger partial charge is 0.335 e. The molecule has 0 amide bonds. The Bertz CT molecular complexity index is 866. The Kier molecular flexibility index (Phi) is 3.18. The van der Waals surface area contributed by atoms with E-state index in [2.05, 4.69) is 24.8 Å².